The fourth-order valence-electron chi connectivity index (χ4n) is 7.65. The van der Waals surface area contributed by atoms with Crippen molar-refractivity contribution in [3.63, 3.8) is 0 Å². The Hall–Kier alpha value is -6.90. The smallest absolute Gasteiger partial charge is 0.156 e. The van der Waals surface area contributed by atoms with E-state index in [2.05, 4.69) is 53.2 Å². The number of nitrogens with one attached hydrogen (secondary N) is 4. The SMILES string of the molecule is CCCn1nc(-c2ccnc(NC)c2)cc1CC(=O)[C@H](Cc1ccc(F)cc1)NCc1cscn1.CNc1cc(-c2cc(CC(=O)[C@H](Cc3ccc(F)cc3)NCc3cscn3)n(CCO)n2)ccn1. The minimum Gasteiger partial charge on any atom is -0.394 e. The number of aromatic nitrogens is 8. The molecule has 8 rings (SSSR count). The molecule has 0 aliphatic heterocycles. The molecule has 0 aliphatic rings. The summed E-state index contributed by atoms with van der Waals surface area (Å²) in [6.45, 7) is 3.94. The lowest BCUT2D eigenvalue weighted by Gasteiger charge is -2.18. The van der Waals surface area contributed by atoms with Crippen LogP contribution in [-0.2, 0) is 61.5 Å². The lowest BCUT2D eigenvalue weighted by molar-refractivity contribution is -0.121. The van der Waals surface area contributed by atoms with Crippen molar-refractivity contribution in [3.8, 4) is 22.5 Å². The third-order valence-corrected chi connectivity index (χ3v) is 12.6. The molecule has 364 valence electrons. The van der Waals surface area contributed by atoms with Crippen LogP contribution in [0.1, 0.15) is 47.2 Å². The lowest BCUT2D eigenvalue weighted by Crippen LogP contribution is -2.39. The van der Waals surface area contributed by atoms with E-state index in [-0.39, 0.29) is 49.2 Å². The highest BCUT2D eigenvalue weighted by Crippen LogP contribution is 2.24. The second-order valence-corrected chi connectivity index (χ2v) is 17.8. The molecule has 8 aromatic rings. The zero-order valence-corrected chi connectivity index (χ0v) is 40.8. The highest BCUT2D eigenvalue weighted by molar-refractivity contribution is 7.07. The predicted molar refractivity (Wildman–Crippen MR) is 270 cm³/mol. The highest BCUT2D eigenvalue weighted by Gasteiger charge is 2.24. The number of pyridine rings is 2. The van der Waals surface area contributed by atoms with Crippen LogP contribution >= 0.6 is 22.7 Å². The topological polar surface area (TPSA) is 190 Å². The molecule has 0 saturated carbocycles. The number of halogens is 2. The van der Waals surface area contributed by atoms with Crippen LogP contribution in [0.2, 0.25) is 0 Å². The van der Waals surface area contributed by atoms with Crippen LogP contribution in [0, 0.1) is 11.6 Å². The highest BCUT2D eigenvalue weighted by atomic mass is 32.1. The number of carbonyl (C=O) groups is 2. The molecular weight excluding hydrogens is 931 g/mol. The van der Waals surface area contributed by atoms with Crippen molar-refractivity contribution < 1.29 is 23.5 Å². The van der Waals surface area contributed by atoms with Gasteiger partial charge in [-0.2, -0.15) is 10.2 Å². The summed E-state index contributed by atoms with van der Waals surface area (Å²) in [5, 5.41) is 35.6. The van der Waals surface area contributed by atoms with E-state index >= 15 is 0 Å². The van der Waals surface area contributed by atoms with Crippen LogP contribution in [0.5, 0.6) is 0 Å². The van der Waals surface area contributed by atoms with E-state index in [0.717, 1.165) is 63.8 Å². The third kappa shape index (κ3) is 14.6. The van der Waals surface area contributed by atoms with Crippen LogP contribution < -0.4 is 21.3 Å². The molecule has 0 fully saturated rings. The van der Waals surface area contributed by atoms with Gasteiger partial charge in [0.1, 0.15) is 23.3 Å². The molecule has 0 saturated heterocycles. The monoisotopic (exact) mass is 986 g/mol. The van der Waals surface area contributed by atoms with E-state index in [1.165, 1.54) is 46.9 Å². The molecule has 15 nitrogen and oxygen atoms in total. The maximum Gasteiger partial charge on any atom is 0.156 e. The number of anilines is 2. The number of carbonyl (C=O) groups excluding carboxylic acids is 2. The molecule has 5 N–H and O–H groups in total. The molecule has 2 atom stereocenters. The number of nitrogens with zero attached hydrogens (tertiary/aromatic N) is 8. The van der Waals surface area contributed by atoms with E-state index in [1.807, 2.05) is 58.9 Å². The maximum absolute atomic E-state index is 13.5. The van der Waals surface area contributed by atoms with Gasteiger partial charge in [-0.05, 0) is 91.1 Å². The molecule has 0 aliphatic carbocycles. The average Bonchev–Trinajstić information content (AvgIpc) is 4.24. The van der Waals surface area contributed by atoms with Crippen molar-refractivity contribution in [2.24, 2.45) is 0 Å². The molecule has 0 bridgehead atoms. The van der Waals surface area contributed by atoms with Gasteiger partial charge >= 0.3 is 0 Å². The van der Waals surface area contributed by atoms with Crippen molar-refractivity contribution in [2.45, 2.75) is 77.3 Å². The number of ketones is 2. The van der Waals surface area contributed by atoms with Gasteiger partial charge in [0, 0.05) is 79.4 Å². The summed E-state index contributed by atoms with van der Waals surface area (Å²) in [5.41, 5.74) is 11.9. The minimum atomic E-state index is -0.500. The molecule has 6 heterocycles. The average molecular weight is 987 g/mol. The Bertz CT molecular complexity index is 2680. The van der Waals surface area contributed by atoms with Crippen LogP contribution in [-0.4, -0.2) is 89.0 Å². The summed E-state index contributed by atoms with van der Waals surface area (Å²) in [7, 11) is 3.62. The number of benzene rings is 2. The minimum absolute atomic E-state index is 0.0270. The maximum atomic E-state index is 13.5. The second-order valence-electron chi connectivity index (χ2n) is 16.3. The Morgan fingerprint density at radius 2 is 1.07 bits per heavy atom. The third-order valence-electron chi connectivity index (χ3n) is 11.3. The fourth-order valence-corrected chi connectivity index (χ4v) is 8.76. The lowest BCUT2D eigenvalue weighted by atomic mass is 9.99. The van der Waals surface area contributed by atoms with Gasteiger partial charge < -0.3 is 26.4 Å². The van der Waals surface area contributed by atoms with Crippen molar-refractivity contribution in [1.29, 1.82) is 0 Å². The van der Waals surface area contributed by atoms with Crippen LogP contribution in [0.25, 0.3) is 22.5 Å². The second kappa shape index (κ2) is 25.6. The summed E-state index contributed by atoms with van der Waals surface area (Å²) in [6, 6.07) is 23.0. The van der Waals surface area contributed by atoms with Gasteiger partial charge in [-0.25, -0.2) is 28.7 Å². The molecule has 2 aromatic carbocycles. The van der Waals surface area contributed by atoms with Crippen molar-refractivity contribution in [3.05, 3.63) is 165 Å². The van der Waals surface area contributed by atoms with Crippen molar-refractivity contribution >= 4 is 45.9 Å². The first-order chi connectivity index (χ1) is 34.1. The number of rotatable bonds is 24. The van der Waals surface area contributed by atoms with E-state index < -0.39 is 12.1 Å². The molecule has 19 heteroatoms. The number of thiazole rings is 2. The number of aryl methyl sites for hydroxylation is 1. The zero-order chi connectivity index (χ0) is 49.2. The molecule has 0 unspecified atom stereocenters. The first kappa shape index (κ1) is 51.0. The van der Waals surface area contributed by atoms with Gasteiger partial charge in [0.15, 0.2) is 11.6 Å². The van der Waals surface area contributed by atoms with Gasteiger partial charge in [-0.3, -0.25) is 19.0 Å². The normalized spacial score (nSPS) is 12.0. The van der Waals surface area contributed by atoms with Crippen molar-refractivity contribution in [2.75, 3.05) is 31.3 Å². The Kier molecular flexibility index (Phi) is 18.7. The summed E-state index contributed by atoms with van der Waals surface area (Å²) in [6.07, 6.45) is 5.60. The van der Waals surface area contributed by atoms with E-state index in [1.54, 1.807) is 59.4 Å². The van der Waals surface area contributed by atoms with Crippen LogP contribution in [0.3, 0.4) is 0 Å². The predicted octanol–water partition coefficient (Wildman–Crippen LogP) is 7.59. The Morgan fingerprint density at radius 3 is 1.46 bits per heavy atom. The van der Waals surface area contributed by atoms with Gasteiger partial charge in [-0.15, -0.1) is 22.7 Å². The summed E-state index contributed by atoms with van der Waals surface area (Å²) in [5.74, 6) is 0.892. The number of hydrogen-bond donors (Lipinski definition) is 5. The zero-order valence-electron chi connectivity index (χ0n) is 39.2. The number of aliphatic hydroxyl groups excluding tert-OH is 1. The number of Topliss-reactive ketones (excluding diaryl/α,β-unsaturated/α-hetero) is 2. The van der Waals surface area contributed by atoms with Crippen molar-refractivity contribution in [1.82, 2.24) is 50.1 Å². The number of aliphatic hydroxyl groups is 1. The van der Waals surface area contributed by atoms with Crippen LogP contribution in [0.4, 0.5) is 20.4 Å². The summed E-state index contributed by atoms with van der Waals surface area (Å²) >= 11 is 3.02. The van der Waals surface area contributed by atoms with E-state index in [4.69, 9.17) is 5.10 Å². The Labute approximate surface area is 413 Å². The standard InChI is InChI=1S/C26H29FN6OS.C25H27FN6O2S/c1-3-10-33-22(13-23(32-33)19-8-9-29-26(12-19)28-2)14-25(34)24(30-15-21-16-35-17-31-21)11-18-4-6-20(27)7-5-18;1-27-25-11-18(6-7-28-25)22-12-21(32(31-22)8-9-33)13-24(34)23(29-14-20-15-35-16-30-20)10-17-2-4-19(26)5-3-17/h4-9,12-13,16-17,24,30H,3,10-11,14-15H2,1-2H3,(H,28,29);2-7,11-12,15-16,23,29,33H,8-10,13-14H2,1H3,(H,27,28)/t24-;23-/m00/s1. The van der Waals surface area contributed by atoms with Gasteiger partial charge in [0.25, 0.3) is 0 Å². The summed E-state index contributed by atoms with van der Waals surface area (Å²) < 4.78 is 30.4. The fraction of sp³-hybridized carbons (Fsp3) is 0.294. The summed E-state index contributed by atoms with van der Waals surface area (Å²) in [4.78, 5) is 44.1. The molecule has 0 spiro atoms. The molecule has 70 heavy (non-hydrogen) atoms. The molecule has 6 aromatic heterocycles. The first-order valence-electron chi connectivity index (χ1n) is 22.9. The largest absolute Gasteiger partial charge is 0.394 e. The molecular formula is C51H56F2N12O3S2. The van der Waals surface area contributed by atoms with Gasteiger partial charge in [0.05, 0.1) is 71.9 Å². The van der Waals surface area contributed by atoms with Gasteiger partial charge in [-0.1, -0.05) is 31.2 Å². The van der Waals surface area contributed by atoms with E-state index in [9.17, 15) is 23.5 Å². The molecule has 0 amide bonds. The van der Waals surface area contributed by atoms with E-state index in [0.29, 0.717) is 43.1 Å². The molecule has 0 radical (unpaired) electrons. The number of hydrogen-bond acceptors (Lipinski definition) is 15. The van der Waals surface area contributed by atoms with Gasteiger partial charge in [0.2, 0.25) is 0 Å². The quantitative estimate of drug-likeness (QED) is 0.0399. The first-order valence-corrected chi connectivity index (χ1v) is 24.8. The Morgan fingerprint density at radius 1 is 0.629 bits per heavy atom. The van der Waals surface area contributed by atoms with Crippen LogP contribution in [0.15, 0.2) is 119 Å². The Balaban J connectivity index is 0.000000206.